The molecule has 6 rings (SSSR count). The summed E-state index contributed by atoms with van der Waals surface area (Å²) in [6.45, 7) is 7.75. The SMILES string of the molecule is COc1cc(CN(CC2CC3CC(F)C(Br)C4OCC(C)N(C2)C34)[C@H]2CCCN(c3ccc(N)nc3)C2)ccn1. The largest absolute Gasteiger partial charge is 0.481 e. The van der Waals surface area contributed by atoms with Crippen molar-refractivity contribution in [2.75, 3.05) is 50.5 Å². The zero-order valence-electron chi connectivity index (χ0n) is 23.5. The maximum absolute atomic E-state index is 15.1. The molecule has 2 N–H and O–H groups in total. The van der Waals surface area contributed by atoms with Crippen LogP contribution >= 0.6 is 15.9 Å². The van der Waals surface area contributed by atoms with Gasteiger partial charge in [0.15, 0.2) is 0 Å². The summed E-state index contributed by atoms with van der Waals surface area (Å²) in [6.07, 6.45) is 6.73. The molecule has 0 bridgehead atoms. The van der Waals surface area contributed by atoms with Crippen LogP contribution in [0, 0.1) is 11.8 Å². The van der Waals surface area contributed by atoms with Gasteiger partial charge in [0.25, 0.3) is 0 Å². The van der Waals surface area contributed by atoms with Crippen molar-refractivity contribution in [1.82, 2.24) is 19.8 Å². The molecular formula is C30H42BrFN6O2. The van der Waals surface area contributed by atoms with Crippen LogP contribution in [0.3, 0.4) is 0 Å². The van der Waals surface area contributed by atoms with Crippen LogP contribution in [0.2, 0.25) is 0 Å². The molecule has 8 atom stereocenters. The van der Waals surface area contributed by atoms with Gasteiger partial charge in [0.2, 0.25) is 5.88 Å². The van der Waals surface area contributed by atoms with Crippen LogP contribution in [-0.4, -0.2) is 94.9 Å². The van der Waals surface area contributed by atoms with E-state index in [9.17, 15) is 0 Å². The normalized spacial score (nSPS) is 34.5. The van der Waals surface area contributed by atoms with Gasteiger partial charge in [-0.15, -0.1) is 0 Å². The molecule has 7 unspecified atom stereocenters. The van der Waals surface area contributed by atoms with E-state index in [0.717, 1.165) is 57.7 Å². The Morgan fingerprint density at radius 1 is 1.23 bits per heavy atom. The monoisotopic (exact) mass is 616 g/mol. The molecule has 8 nitrogen and oxygen atoms in total. The van der Waals surface area contributed by atoms with Crippen LogP contribution in [0.5, 0.6) is 5.88 Å². The maximum Gasteiger partial charge on any atom is 0.213 e. The number of ether oxygens (including phenoxy) is 2. The minimum absolute atomic E-state index is 0.0632. The van der Waals surface area contributed by atoms with Crippen molar-refractivity contribution in [2.45, 2.75) is 74.4 Å². The number of hydrogen-bond acceptors (Lipinski definition) is 8. The van der Waals surface area contributed by atoms with Gasteiger partial charge in [-0.05, 0) is 68.2 Å². The Morgan fingerprint density at radius 3 is 2.90 bits per heavy atom. The lowest BCUT2D eigenvalue weighted by Crippen LogP contribution is -2.68. The lowest BCUT2D eigenvalue weighted by Gasteiger charge is -2.57. The third-order valence-corrected chi connectivity index (χ3v) is 10.6. The lowest BCUT2D eigenvalue weighted by atomic mass is 9.71. The van der Waals surface area contributed by atoms with Crippen LogP contribution in [-0.2, 0) is 11.3 Å². The van der Waals surface area contributed by atoms with Gasteiger partial charge >= 0.3 is 0 Å². The summed E-state index contributed by atoms with van der Waals surface area (Å²) < 4.78 is 26.8. The highest BCUT2D eigenvalue weighted by molar-refractivity contribution is 9.09. The fourth-order valence-corrected chi connectivity index (χ4v) is 8.30. The molecule has 3 saturated heterocycles. The molecule has 4 aliphatic rings. The van der Waals surface area contributed by atoms with Crippen LogP contribution in [0.4, 0.5) is 15.9 Å². The number of alkyl halides is 2. The number of rotatable bonds is 7. The second kappa shape index (κ2) is 12.1. The molecule has 40 heavy (non-hydrogen) atoms. The third-order valence-electron chi connectivity index (χ3n) is 9.53. The molecule has 0 radical (unpaired) electrons. The Hall–Kier alpha value is -2.01. The molecular weight excluding hydrogens is 575 g/mol. The van der Waals surface area contributed by atoms with Gasteiger partial charge in [-0.25, -0.2) is 14.4 Å². The average molecular weight is 618 g/mol. The number of methoxy groups -OCH3 is 1. The summed E-state index contributed by atoms with van der Waals surface area (Å²) in [4.78, 5) is 16.2. The van der Waals surface area contributed by atoms with E-state index in [4.69, 9.17) is 15.2 Å². The van der Waals surface area contributed by atoms with E-state index in [0.29, 0.717) is 54.7 Å². The summed E-state index contributed by atoms with van der Waals surface area (Å²) in [5.41, 5.74) is 8.19. The summed E-state index contributed by atoms with van der Waals surface area (Å²) in [7, 11) is 1.67. The summed E-state index contributed by atoms with van der Waals surface area (Å²) in [5, 5.41) is 0. The van der Waals surface area contributed by atoms with E-state index in [1.54, 1.807) is 7.11 Å². The highest BCUT2D eigenvalue weighted by Crippen LogP contribution is 2.45. The van der Waals surface area contributed by atoms with Gasteiger partial charge in [-0.2, -0.15) is 0 Å². The van der Waals surface area contributed by atoms with Crippen LogP contribution in [0.1, 0.15) is 38.2 Å². The van der Waals surface area contributed by atoms with E-state index in [2.05, 4.69) is 59.7 Å². The molecule has 0 amide bonds. The van der Waals surface area contributed by atoms with Crippen molar-refractivity contribution < 1.29 is 13.9 Å². The Morgan fingerprint density at radius 2 is 2.10 bits per heavy atom. The Bertz CT molecular complexity index is 1140. The molecule has 4 fully saturated rings. The Kier molecular flexibility index (Phi) is 8.49. The standard InChI is InChI=1S/C30H42BrFN6O2/c1-19-18-40-30-28(31)25(32)12-22-10-21(16-38(19)29(22)30)15-37(14-20-7-8-34-27(11-20)39-2)24-4-3-9-36(17-24)23-5-6-26(33)35-13-23/h5-8,11,13,19,21-22,24-25,28-30H,3-4,9-10,12,14-18H2,1-2H3,(H2,33,35)/t19?,21?,22?,24-,25?,28?,29?,30?/m0/s1. The van der Waals surface area contributed by atoms with E-state index < -0.39 is 6.17 Å². The molecule has 2 aromatic rings. The number of hydrogen-bond donors (Lipinski definition) is 1. The summed E-state index contributed by atoms with van der Waals surface area (Å²) in [5.74, 6) is 1.98. The first-order valence-corrected chi connectivity index (χ1v) is 15.7. The first kappa shape index (κ1) is 28.1. The number of nitrogens with zero attached hydrogens (tertiary/aromatic N) is 5. The molecule has 5 heterocycles. The number of nitrogens with two attached hydrogens (primary N) is 1. The van der Waals surface area contributed by atoms with Crippen molar-refractivity contribution in [1.29, 1.82) is 0 Å². The van der Waals surface area contributed by atoms with Crippen molar-refractivity contribution >= 4 is 27.4 Å². The van der Waals surface area contributed by atoms with E-state index in [1.807, 2.05) is 24.5 Å². The Balaban J connectivity index is 1.23. The van der Waals surface area contributed by atoms with Gasteiger partial charge in [0.05, 0.1) is 36.5 Å². The predicted molar refractivity (Wildman–Crippen MR) is 159 cm³/mol. The number of anilines is 2. The zero-order valence-corrected chi connectivity index (χ0v) is 25.1. The molecule has 218 valence electrons. The molecule has 0 aromatic carbocycles. The smallest absolute Gasteiger partial charge is 0.213 e. The number of aromatic nitrogens is 2. The van der Waals surface area contributed by atoms with Gasteiger partial charge < -0.3 is 20.1 Å². The van der Waals surface area contributed by atoms with Crippen molar-refractivity contribution in [3.8, 4) is 5.88 Å². The van der Waals surface area contributed by atoms with Crippen molar-refractivity contribution in [3.05, 3.63) is 42.2 Å². The van der Waals surface area contributed by atoms with Gasteiger partial charge in [-0.3, -0.25) is 9.80 Å². The van der Waals surface area contributed by atoms with Crippen molar-refractivity contribution in [3.63, 3.8) is 0 Å². The number of halogens is 2. The predicted octanol–water partition coefficient (Wildman–Crippen LogP) is 4.14. The second-order valence-electron chi connectivity index (χ2n) is 12.2. The third kappa shape index (κ3) is 5.82. The molecule has 0 spiro atoms. The van der Waals surface area contributed by atoms with Gasteiger partial charge in [-0.1, -0.05) is 15.9 Å². The quantitative estimate of drug-likeness (QED) is 0.465. The first-order chi connectivity index (χ1) is 19.4. The number of piperidine rings is 2. The Labute approximate surface area is 245 Å². The minimum Gasteiger partial charge on any atom is -0.481 e. The van der Waals surface area contributed by atoms with Gasteiger partial charge in [0, 0.05) is 63.1 Å². The first-order valence-electron chi connectivity index (χ1n) is 14.7. The summed E-state index contributed by atoms with van der Waals surface area (Å²) in [6, 6.07) is 9.15. The number of morpholine rings is 1. The van der Waals surface area contributed by atoms with Crippen LogP contribution < -0.4 is 15.4 Å². The summed E-state index contributed by atoms with van der Waals surface area (Å²) >= 11 is 3.64. The van der Waals surface area contributed by atoms with Gasteiger partial charge in [0.1, 0.15) is 12.0 Å². The highest BCUT2D eigenvalue weighted by atomic mass is 79.9. The number of pyridine rings is 2. The lowest BCUT2D eigenvalue weighted by molar-refractivity contribution is -0.164. The average Bonchev–Trinajstić information content (AvgIpc) is 2.97. The highest BCUT2D eigenvalue weighted by Gasteiger charge is 2.53. The van der Waals surface area contributed by atoms with Crippen molar-refractivity contribution in [2.24, 2.45) is 11.8 Å². The van der Waals surface area contributed by atoms with E-state index in [1.165, 1.54) is 5.56 Å². The topological polar surface area (TPSA) is 80.0 Å². The molecule has 3 aliphatic heterocycles. The minimum atomic E-state index is -0.860. The van der Waals surface area contributed by atoms with E-state index in [-0.39, 0.29) is 10.9 Å². The van der Waals surface area contributed by atoms with Crippen LogP contribution in [0.25, 0.3) is 0 Å². The molecule has 10 heteroatoms. The fraction of sp³-hybridized carbons (Fsp3) is 0.667. The second-order valence-corrected chi connectivity index (χ2v) is 13.3. The fourth-order valence-electron chi connectivity index (χ4n) is 7.62. The van der Waals surface area contributed by atoms with Crippen LogP contribution in [0.15, 0.2) is 36.7 Å². The molecule has 1 aliphatic carbocycles. The molecule has 1 saturated carbocycles. The molecule has 2 aromatic heterocycles. The number of nitrogen functional groups attached to an aromatic ring is 1. The van der Waals surface area contributed by atoms with E-state index >= 15 is 4.39 Å². The zero-order chi connectivity index (χ0) is 27.8. The maximum atomic E-state index is 15.1.